The average Bonchev–Trinajstić information content (AvgIpc) is 3.75. The first-order valence-electron chi connectivity index (χ1n) is 16.5. The molecule has 10 rings (SSSR count). The Kier molecular flexibility index (Phi) is 5.01. The summed E-state index contributed by atoms with van der Waals surface area (Å²) < 4.78 is 0. The number of nitrogens with zero attached hydrogens (tertiary/aromatic N) is 1. The molecule has 0 radical (unpaired) electrons. The van der Waals surface area contributed by atoms with Gasteiger partial charge in [-0.1, -0.05) is 116 Å². The van der Waals surface area contributed by atoms with Gasteiger partial charge in [-0.05, 0) is 117 Å². The molecule has 1 saturated carbocycles. The van der Waals surface area contributed by atoms with Crippen LogP contribution in [0.4, 0.5) is 11.4 Å². The fraction of sp³-hybridized carbons (Fsp3) is 0.182. The van der Waals surface area contributed by atoms with E-state index in [1.165, 1.54) is 85.4 Å². The Morgan fingerprint density at radius 1 is 0.556 bits per heavy atom. The minimum absolute atomic E-state index is 0.0998. The molecule has 0 saturated heterocycles. The molecule has 1 spiro atoms. The maximum atomic E-state index is 2.65. The fourth-order valence-corrected chi connectivity index (χ4v) is 10.1. The standard InChI is InChI=1S/C44H35N/c1-28-24-25-43(2)42(28)36-26-29(21-23-41(36)45(43)31-12-4-3-5-13-31)30-20-22-35-34-16-8-11-19-39(34)44(40(35)27-30)37-17-9-6-14-32(37)33-15-7-10-18-38(33)44/h3-23,26-28,42H,24-25H2,1-2H3. The zero-order valence-electron chi connectivity index (χ0n) is 25.8. The Morgan fingerprint density at radius 3 is 1.73 bits per heavy atom. The van der Waals surface area contributed by atoms with Crippen LogP contribution in [0.1, 0.15) is 60.4 Å². The Bertz CT molecular complexity index is 2110. The molecule has 4 aliphatic rings. The van der Waals surface area contributed by atoms with E-state index in [2.05, 4.69) is 158 Å². The summed E-state index contributed by atoms with van der Waals surface area (Å²) in [6, 6.07) is 52.9. The summed E-state index contributed by atoms with van der Waals surface area (Å²) in [7, 11) is 0. The third-order valence-electron chi connectivity index (χ3n) is 11.8. The van der Waals surface area contributed by atoms with Gasteiger partial charge >= 0.3 is 0 Å². The lowest BCUT2D eigenvalue weighted by atomic mass is 9.70. The molecule has 3 unspecified atom stereocenters. The van der Waals surface area contributed by atoms with E-state index in [4.69, 9.17) is 0 Å². The van der Waals surface area contributed by atoms with Gasteiger partial charge in [0, 0.05) is 22.8 Å². The van der Waals surface area contributed by atoms with E-state index >= 15 is 0 Å². The first kappa shape index (κ1) is 25.4. The quantitative estimate of drug-likeness (QED) is 0.197. The van der Waals surface area contributed by atoms with Crippen molar-refractivity contribution < 1.29 is 0 Å². The third-order valence-corrected chi connectivity index (χ3v) is 11.8. The minimum atomic E-state index is -0.311. The topological polar surface area (TPSA) is 3.24 Å². The van der Waals surface area contributed by atoms with Gasteiger partial charge in [0.2, 0.25) is 0 Å². The van der Waals surface area contributed by atoms with Crippen molar-refractivity contribution >= 4 is 11.4 Å². The van der Waals surface area contributed by atoms with Gasteiger partial charge in [0.15, 0.2) is 0 Å². The van der Waals surface area contributed by atoms with Gasteiger partial charge in [0.25, 0.3) is 0 Å². The molecule has 0 N–H and O–H groups in total. The van der Waals surface area contributed by atoms with Gasteiger partial charge in [0.1, 0.15) is 0 Å². The summed E-state index contributed by atoms with van der Waals surface area (Å²) in [5.74, 6) is 1.17. The summed E-state index contributed by atoms with van der Waals surface area (Å²) in [5, 5.41) is 0. The van der Waals surface area contributed by atoms with Crippen molar-refractivity contribution in [1.82, 2.24) is 0 Å². The second-order valence-electron chi connectivity index (χ2n) is 13.9. The van der Waals surface area contributed by atoms with Gasteiger partial charge < -0.3 is 4.90 Å². The fourth-order valence-electron chi connectivity index (χ4n) is 10.1. The van der Waals surface area contributed by atoms with Crippen molar-refractivity contribution in [3.63, 3.8) is 0 Å². The molecular formula is C44H35N. The summed E-state index contributed by atoms with van der Waals surface area (Å²) in [6.07, 6.45) is 2.49. The maximum absolute atomic E-state index is 2.65. The van der Waals surface area contributed by atoms with Crippen LogP contribution in [0.2, 0.25) is 0 Å². The molecule has 6 aromatic carbocycles. The van der Waals surface area contributed by atoms with Crippen LogP contribution in [0.25, 0.3) is 33.4 Å². The molecule has 1 fully saturated rings. The molecule has 3 aliphatic carbocycles. The Morgan fingerprint density at radius 2 is 1.09 bits per heavy atom. The molecule has 45 heavy (non-hydrogen) atoms. The van der Waals surface area contributed by atoms with E-state index in [0.29, 0.717) is 11.8 Å². The SMILES string of the molecule is CC1CCC2(C)C1c1cc(-c3ccc4c(c3)C3(c5ccccc5-c5ccccc53)c3ccccc3-4)ccc1N2c1ccccc1. The van der Waals surface area contributed by atoms with Crippen LogP contribution in [-0.2, 0) is 5.41 Å². The highest BCUT2D eigenvalue weighted by Crippen LogP contribution is 2.64. The van der Waals surface area contributed by atoms with E-state index in [1.807, 2.05) is 0 Å². The van der Waals surface area contributed by atoms with E-state index < -0.39 is 0 Å². The number of benzene rings is 6. The van der Waals surface area contributed by atoms with E-state index in [1.54, 1.807) is 0 Å². The molecule has 1 heteroatoms. The van der Waals surface area contributed by atoms with Crippen molar-refractivity contribution in [3.8, 4) is 33.4 Å². The van der Waals surface area contributed by atoms with Gasteiger partial charge in [-0.15, -0.1) is 0 Å². The zero-order chi connectivity index (χ0) is 29.9. The number of para-hydroxylation sites is 1. The number of anilines is 2. The van der Waals surface area contributed by atoms with Crippen LogP contribution < -0.4 is 4.90 Å². The number of fused-ring (bicyclic) bond motifs is 13. The van der Waals surface area contributed by atoms with Crippen LogP contribution >= 0.6 is 0 Å². The summed E-state index contributed by atoms with van der Waals surface area (Å²) >= 11 is 0. The molecule has 0 bridgehead atoms. The lowest BCUT2D eigenvalue weighted by Crippen LogP contribution is -2.40. The second-order valence-corrected chi connectivity index (χ2v) is 13.9. The molecule has 1 heterocycles. The van der Waals surface area contributed by atoms with Crippen molar-refractivity contribution in [2.45, 2.75) is 43.6 Å². The monoisotopic (exact) mass is 577 g/mol. The smallest absolute Gasteiger partial charge is 0.0725 e. The van der Waals surface area contributed by atoms with Crippen LogP contribution in [0.5, 0.6) is 0 Å². The minimum Gasteiger partial charge on any atom is -0.335 e. The van der Waals surface area contributed by atoms with Crippen LogP contribution in [0.15, 0.2) is 140 Å². The van der Waals surface area contributed by atoms with Crippen LogP contribution in [-0.4, -0.2) is 5.54 Å². The van der Waals surface area contributed by atoms with Crippen LogP contribution in [0.3, 0.4) is 0 Å². The van der Waals surface area contributed by atoms with Crippen molar-refractivity contribution in [1.29, 1.82) is 0 Å². The Balaban J connectivity index is 1.19. The third kappa shape index (κ3) is 3.09. The Labute approximate surface area is 265 Å². The van der Waals surface area contributed by atoms with Crippen LogP contribution in [0, 0.1) is 5.92 Å². The highest BCUT2D eigenvalue weighted by molar-refractivity contribution is 5.96. The first-order chi connectivity index (χ1) is 22.1. The predicted molar refractivity (Wildman–Crippen MR) is 186 cm³/mol. The molecule has 6 aromatic rings. The van der Waals surface area contributed by atoms with E-state index in [0.717, 1.165) is 0 Å². The van der Waals surface area contributed by atoms with Gasteiger partial charge in [-0.2, -0.15) is 0 Å². The number of rotatable bonds is 2. The Hall–Kier alpha value is -4.88. The molecule has 0 aromatic heterocycles. The van der Waals surface area contributed by atoms with E-state index in [9.17, 15) is 0 Å². The average molecular weight is 578 g/mol. The van der Waals surface area contributed by atoms with Crippen molar-refractivity contribution in [2.24, 2.45) is 5.92 Å². The second kappa shape index (κ2) is 8.86. The first-order valence-corrected chi connectivity index (χ1v) is 16.5. The normalized spacial score (nSPS) is 22.5. The molecule has 3 atom stereocenters. The van der Waals surface area contributed by atoms with Gasteiger partial charge in [-0.25, -0.2) is 0 Å². The van der Waals surface area contributed by atoms with E-state index in [-0.39, 0.29) is 11.0 Å². The molecule has 1 aliphatic heterocycles. The zero-order valence-corrected chi connectivity index (χ0v) is 25.8. The highest BCUT2D eigenvalue weighted by Gasteiger charge is 2.55. The molecule has 1 nitrogen and oxygen atoms in total. The molecular weight excluding hydrogens is 542 g/mol. The van der Waals surface area contributed by atoms with Gasteiger partial charge in [-0.3, -0.25) is 0 Å². The summed E-state index contributed by atoms with van der Waals surface area (Å²) in [5.41, 5.74) is 17.6. The lowest BCUT2D eigenvalue weighted by Gasteiger charge is -2.38. The highest BCUT2D eigenvalue weighted by atomic mass is 15.2. The van der Waals surface area contributed by atoms with Crippen molar-refractivity contribution in [3.05, 3.63) is 167 Å². The number of hydrogen-bond acceptors (Lipinski definition) is 1. The lowest BCUT2D eigenvalue weighted by molar-refractivity contribution is 0.414. The molecule has 216 valence electrons. The predicted octanol–water partition coefficient (Wildman–Crippen LogP) is 11.1. The maximum Gasteiger partial charge on any atom is 0.0725 e. The van der Waals surface area contributed by atoms with Crippen molar-refractivity contribution in [2.75, 3.05) is 4.90 Å². The summed E-state index contributed by atoms with van der Waals surface area (Å²) in [4.78, 5) is 2.65. The largest absolute Gasteiger partial charge is 0.335 e. The van der Waals surface area contributed by atoms with Gasteiger partial charge in [0.05, 0.1) is 5.41 Å². The molecule has 0 amide bonds. The summed E-state index contributed by atoms with van der Waals surface area (Å²) in [6.45, 7) is 4.96. The number of hydrogen-bond donors (Lipinski definition) is 0.